The van der Waals surface area contributed by atoms with Crippen molar-refractivity contribution in [1.29, 1.82) is 0 Å². The number of unbranched alkanes of at least 4 members (excludes halogenated alkanes) is 19. The minimum absolute atomic E-state index is 0.0501. The maximum Gasteiger partial charge on any atom is 0.472 e. The maximum atomic E-state index is 12.9. The Hall–Kier alpha value is -3.86. The molecule has 0 aromatic rings. The third-order valence-corrected chi connectivity index (χ3v) is 13.1. The number of hydrogen-bond donors (Lipinski definition) is 2. The van der Waals surface area contributed by atoms with E-state index in [0.717, 1.165) is 116 Å². The highest BCUT2D eigenvalue weighted by molar-refractivity contribution is 7.47. The van der Waals surface area contributed by atoms with Crippen LogP contribution >= 0.6 is 7.82 Å². The van der Waals surface area contributed by atoms with Gasteiger partial charge in [-0.25, -0.2) is 4.57 Å². The van der Waals surface area contributed by atoms with Crippen molar-refractivity contribution < 1.29 is 52.2 Å². The smallest absolute Gasteiger partial charge is 0.462 e. The highest BCUT2D eigenvalue weighted by atomic mass is 31.2. The molecule has 0 aromatic heterocycles. The van der Waals surface area contributed by atoms with Gasteiger partial charge in [-0.1, -0.05) is 214 Å². The molecule has 3 atom stereocenters. The number of rotatable bonds is 54. The molecule has 11 nitrogen and oxygen atoms in total. The van der Waals surface area contributed by atoms with Crippen LogP contribution in [0.3, 0.4) is 0 Å². The van der Waals surface area contributed by atoms with E-state index in [4.69, 9.17) is 23.3 Å². The molecule has 0 aromatic carbocycles. The molecule has 434 valence electrons. The van der Waals surface area contributed by atoms with Gasteiger partial charge in [0.25, 0.3) is 0 Å². The van der Waals surface area contributed by atoms with Crippen molar-refractivity contribution in [3.05, 3.63) is 109 Å². The maximum absolute atomic E-state index is 12.9. The van der Waals surface area contributed by atoms with Crippen LogP contribution in [0.25, 0.3) is 0 Å². The molecule has 0 rings (SSSR count). The highest BCUT2D eigenvalue weighted by Gasteiger charge is 2.28. The fourth-order valence-corrected chi connectivity index (χ4v) is 8.43. The predicted molar refractivity (Wildman–Crippen MR) is 316 cm³/mol. The van der Waals surface area contributed by atoms with Crippen LogP contribution in [0.4, 0.5) is 0 Å². The minimum atomic E-state index is -4.78. The molecule has 2 N–H and O–H groups in total. The molecular formula is C64H107O11P. The van der Waals surface area contributed by atoms with Gasteiger partial charge in [0.2, 0.25) is 0 Å². The Bertz CT molecular complexity index is 1690. The summed E-state index contributed by atoms with van der Waals surface area (Å²) in [7, 11) is -4.78. The molecule has 0 spiro atoms. The number of esters is 3. The van der Waals surface area contributed by atoms with Crippen molar-refractivity contribution >= 4 is 25.7 Å². The van der Waals surface area contributed by atoms with Gasteiger partial charge in [0.15, 0.2) is 6.10 Å². The molecule has 0 aliphatic heterocycles. The largest absolute Gasteiger partial charge is 0.472 e. The molecule has 0 amide bonds. The molecule has 0 saturated carbocycles. The van der Waals surface area contributed by atoms with Gasteiger partial charge in [-0.3, -0.25) is 23.4 Å². The molecule has 0 radical (unpaired) electrons. The van der Waals surface area contributed by atoms with E-state index >= 15 is 0 Å². The summed E-state index contributed by atoms with van der Waals surface area (Å²) in [6.07, 6.45) is 69.1. The molecule has 0 aliphatic carbocycles. The van der Waals surface area contributed by atoms with Crippen molar-refractivity contribution in [2.24, 2.45) is 0 Å². The van der Waals surface area contributed by atoms with Gasteiger partial charge in [-0.2, -0.15) is 0 Å². The van der Waals surface area contributed by atoms with Crippen LogP contribution in [0, 0.1) is 0 Å². The minimum Gasteiger partial charge on any atom is -0.462 e. The standard InChI is InChI=1S/C64H107O11P/c1-4-7-10-13-16-19-22-25-27-29-30-32-33-36-38-41-44-47-50-53-62(66)71-57-61(75-64(68)55-52-49-46-43-40-37-34-31-28-26-23-20-17-14-11-8-5-2)59-73-76(69,70)72-58-60(56-65)74-63(67)54-51-48-45-42-39-35-24-21-18-15-12-9-6-3/h9,12,16-21,25-28,30,32,35,39,45,48,60-61,65H,4-8,10-11,13-15,22-24,29,31,33-34,36-38,40-44,46-47,49-59H2,1-3H3,(H,69,70)/b12-9-,19-16-,20-17-,21-18-,27-25-,28-26-,32-30-,39-35-,48-45-. The van der Waals surface area contributed by atoms with E-state index in [1.165, 1.54) is 64.2 Å². The van der Waals surface area contributed by atoms with Gasteiger partial charge in [0, 0.05) is 19.3 Å². The van der Waals surface area contributed by atoms with E-state index in [1.807, 2.05) is 12.2 Å². The zero-order valence-corrected chi connectivity index (χ0v) is 48.8. The summed E-state index contributed by atoms with van der Waals surface area (Å²) >= 11 is 0. The zero-order chi connectivity index (χ0) is 55.5. The first kappa shape index (κ1) is 72.1. The van der Waals surface area contributed by atoms with Crippen LogP contribution in [-0.2, 0) is 42.2 Å². The Kier molecular flexibility index (Phi) is 54.4. The van der Waals surface area contributed by atoms with E-state index in [9.17, 15) is 28.9 Å². The second kappa shape index (κ2) is 57.3. The summed E-state index contributed by atoms with van der Waals surface area (Å²) in [6, 6.07) is 0. The summed E-state index contributed by atoms with van der Waals surface area (Å²) in [6.45, 7) is 4.37. The van der Waals surface area contributed by atoms with Crippen LogP contribution < -0.4 is 0 Å². The molecule has 12 heteroatoms. The topological polar surface area (TPSA) is 155 Å². The molecule has 0 bridgehead atoms. The van der Waals surface area contributed by atoms with Gasteiger partial charge in [-0.05, 0) is 116 Å². The Balaban J connectivity index is 4.82. The highest BCUT2D eigenvalue weighted by Crippen LogP contribution is 2.43. The number of ether oxygens (including phenoxy) is 3. The first-order chi connectivity index (χ1) is 37.2. The van der Waals surface area contributed by atoms with Gasteiger partial charge in [-0.15, -0.1) is 0 Å². The number of carbonyl (C=O) groups is 3. The quantitative estimate of drug-likeness (QED) is 0.0197. The number of phosphoric ester groups is 1. The van der Waals surface area contributed by atoms with E-state index in [2.05, 4.69) is 118 Å². The van der Waals surface area contributed by atoms with Crippen LogP contribution in [-0.4, -0.2) is 66.5 Å². The fourth-order valence-electron chi connectivity index (χ4n) is 7.64. The Morgan fingerprint density at radius 3 is 1.13 bits per heavy atom. The van der Waals surface area contributed by atoms with Gasteiger partial charge >= 0.3 is 25.7 Å². The average Bonchev–Trinajstić information content (AvgIpc) is 3.41. The van der Waals surface area contributed by atoms with Crippen LogP contribution in [0.15, 0.2) is 109 Å². The third kappa shape index (κ3) is 54.9. The van der Waals surface area contributed by atoms with Crippen LogP contribution in [0.2, 0.25) is 0 Å². The number of aliphatic hydroxyl groups excluding tert-OH is 1. The second-order valence-electron chi connectivity index (χ2n) is 19.4. The monoisotopic (exact) mass is 1080 g/mol. The third-order valence-electron chi connectivity index (χ3n) is 12.2. The van der Waals surface area contributed by atoms with Crippen molar-refractivity contribution in [2.45, 2.75) is 251 Å². The van der Waals surface area contributed by atoms with Crippen molar-refractivity contribution in [3.63, 3.8) is 0 Å². The Morgan fingerprint density at radius 2 is 0.711 bits per heavy atom. The normalized spacial score (nSPS) is 14.1. The second-order valence-corrected chi connectivity index (χ2v) is 20.9. The van der Waals surface area contributed by atoms with Crippen molar-refractivity contribution in [2.75, 3.05) is 26.4 Å². The zero-order valence-electron chi connectivity index (χ0n) is 47.9. The number of hydrogen-bond acceptors (Lipinski definition) is 10. The average molecular weight is 1080 g/mol. The molecule has 0 saturated heterocycles. The fraction of sp³-hybridized carbons (Fsp3) is 0.672. The number of allylic oxidation sites excluding steroid dienone is 18. The SMILES string of the molecule is CC/C=C\C/C=C\C/C=C\C/C=C\CCC(=O)OC(CO)COP(=O)(O)OCC(COC(=O)CCCCCCCC/C=C\C/C=C\C/C=C\CCCCC)OC(=O)CCCCCCCCC/C=C\C/C=C\CCCCC. The van der Waals surface area contributed by atoms with Gasteiger partial charge in [0.05, 0.1) is 19.8 Å². The van der Waals surface area contributed by atoms with Crippen molar-refractivity contribution in [1.82, 2.24) is 0 Å². The van der Waals surface area contributed by atoms with Crippen LogP contribution in [0.1, 0.15) is 239 Å². The molecular weight excluding hydrogens is 976 g/mol. The van der Waals surface area contributed by atoms with E-state index < -0.39 is 57.8 Å². The van der Waals surface area contributed by atoms with E-state index in [1.54, 1.807) is 0 Å². The van der Waals surface area contributed by atoms with Crippen molar-refractivity contribution in [3.8, 4) is 0 Å². The number of aliphatic hydroxyl groups is 1. The Morgan fingerprint density at radius 1 is 0.382 bits per heavy atom. The lowest BCUT2D eigenvalue weighted by Gasteiger charge is -2.21. The first-order valence-corrected chi connectivity index (χ1v) is 31.3. The summed E-state index contributed by atoms with van der Waals surface area (Å²) in [5.74, 6) is -1.58. The number of phosphoric acid groups is 1. The summed E-state index contributed by atoms with van der Waals surface area (Å²) in [5.41, 5.74) is 0. The van der Waals surface area contributed by atoms with Gasteiger partial charge in [0.1, 0.15) is 12.7 Å². The van der Waals surface area contributed by atoms with E-state index in [-0.39, 0.29) is 25.9 Å². The predicted octanol–water partition coefficient (Wildman–Crippen LogP) is 17.8. The lowest BCUT2D eigenvalue weighted by Crippen LogP contribution is -2.30. The summed E-state index contributed by atoms with van der Waals surface area (Å²) in [4.78, 5) is 48.6. The lowest BCUT2D eigenvalue weighted by atomic mass is 10.1. The van der Waals surface area contributed by atoms with Crippen LogP contribution in [0.5, 0.6) is 0 Å². The first-order valence-electron chi connectivity index (χ1n) is 29.8. The molecule has 76 heavy (non-hydrogen) atoms. The summed E-state index contributed by atoms with van der Waals surface area (Å²) in [5, 5.41) is 9.80. The summed E-state index contributed by atoms with van der Waals surface area (Å²) < 4.78 is 39.5. The molecule has 0 fully saturated rings. The van der Waals surface area contributed by atoms with Gasteiger partial charge < -0.3 is 24.2 Å². The van der Waals surface area contributed by atoms with E-state index in [0.29, 0.717) is 19.3 Å². The molecule has 0 heterocycles. The molecule has 3 unspecified atom stereocenters. The lowest BCUT2D eigenvalue weighted by molar-refractivity contribution is -0.161. The Labute approximate surface area is 463 Å². The number of carbonyl (C=O) groups excluding carboxylic acids is 3. The molecule has 0 aliphatic rings.